The summed E-state index contributed by atoms with van der Waals surface area (Å²) in [5.74, 6) is 0.955. The number of hydrogen-bond acceptors (Lipinski definition) is 2. The fourth-order valence-electron chi connectivity index (χ4n) is 4.87. The monoisotopic (exact) mass is 429 g/mol. The second-order valence-electron chi connectivity index (χ2n) is 9.41. The van der Waals surface area contributed by atoms with Gasteiger partial charge in [-0.3, -0.25) is 9.59 Å². The molecule has 5 heteroatoms. The Morgan fingerprint density at radius 2 is 1.69 bits per heavy atom. The molecule has 5 rings (SSSR count). The predicted molar refractivity (Wildman–Crippen MR) is 126 cm³/mol. The van der Waals surface area contributed by atoms with Crippen molar-refractivity contribution in [2.75, 3.05) is 13.1 Å². The van der Waals surface area contributed by atoms with Gasteiger partial charge in [0.2, 0.25) is 5.91 Å². The molecular weight excluding hydrogens is 398 g/mol. The van der Waals surface area contributed by atoms with Crippen LogP contribution in [-0.2, 0) is 17.8 Å². The van der Waals surface area contributed by atoms with Crippen LogP contribution in [0.15, 0.2) is 54.7 Å². The minimum absolute atomic E-state index is 0.122. The van der Waals surface area contributed by atoms with Gasteiger partial charge in [-0.25, -0.2) is 0 Å². The summed E-state index contributed by atoms with van der Waals surface area (Å²) in [6, 6.07) is 17.1. The lowest BCUT2D eigenvalue weighted by Gasteiger charge is -2.31. The molecule has 5 nitrogen and oxygen atoms in total. The molecule has 3 aromatic rings. The maximum absolute atomic E-state index is 13.3. The summed E-state index contributed by atoms with van der Waals surface area (Å²) < 4.78 is 0. The maximum atomic E-state index is 13.3. The molecular formula is C27H31N3O2. The number of nitrogens with zero attached hydrogens (tertiary/aromatic N) is 2. The van der Waals surface area contributed by atoms with E-state index >= 15 is 0 Å². The number of likely N-dealkylation sites (tertiary alicyclic amines) is 1. The maximum Gasteiger partial charge on any atom is 0.254 e. The molecule has 166 valence electrons. The number of H-pyrrole nitrogens is 1. The van der Waals surface area contributed by atoms with Crippen molar-refractivity contribution in [3.8, 4) is 0 Å². The SMILES string of the molecule is CC(=O)N1CCC(Cc2ccc(CN(C(=O)c3ccc4[nH]ccc4c3)C3CC3)cc2)CC1. The number of fused-ring (bicyclic) bond motifs is 1. The fraction of sp³-hybridized carbons (Fsp3) is 0.407. The van der Waals surface area contributed by atoms with E-state index < -0.39 is 0 Å². The summed E-state index contributed by atoms with van der Waals surface area (Å²) >= 11 is 0. The van der Waals surface area contributed by atoms with Crippen molar-refractivity contribution in [3.63, 3.8) is 0 Å². The zero-order valence-corrected chi connectivity index (χ0v) is 18.7. The zero-order chi connectivity index (χ0) is 22.1. The number of aromatic amines is 1. The minimum atomic E-state index is 0.122. The van der Waals surface area contributed by atoms with E-state index in [0.717, 1.165) is 61.7 Å². The first-order valence-electron chi connectivity index (χ1n) is 11.8. The lowest BCUT2D eigenvalue weighted by molar-refractivity contribution is -0.130. The number of nitrogens with one attached hydrogen (secondary N) is 1. The van der Waals surface area contributed by atoms with Crippen LogP contribution in [-0.4, -0.2) is 45.7 Å². The van der Waals surface area contributed by atoms with Crippen molar-refractivity contribution in [2.45, 2.75) is 51.6 Å². The van der Waals surface area contributed by atoms with Crippen molar-refractivity contribution < 1.29 is 9.59 Å². The van der Waals surface area contributed by atoms with Gasteiger partial charge in [-0.1, -0.05) is 24.3 Å². The lowest BCUT2D eigenvalue weighted by Crippen LogP contribution is -2.37. The van der Waals surface area contributed by atoms with E-state index in [4.69, 9.17) is 0 Å². The second kappa shape index (κ2) is 8.81. The molecule has 2 amide bonds. The topological polar surface area (TPSA) is 56.4 Å². The van der Waals surface area contributed by atoms with Crippen LogP contribution < -0.4 is 0 Å². The summed E-state index contributed by atoms with van der Waals surface area (Å²) in [5.41, 5.74) is 4.35. The van der Waals surface area contributed by atoms with E-state index in [1.54, 1.807) is 6.92 Å². The van der Waals surface area contributed by atoms with Crippen molar-refractivity contribution in [3.05, 3.63) is 71.4 Å². The van der Waals surface area contributed by atoms with Crippen LogP contribution >= 0.6 is 0 Å². The van der Waals surface area contributed by atoms with Crippen molar-refractivity contribution in [1.82, 2.24) is 14.8 Å². The number of rotatable bonds is 6. The van der Waals surface area contributed by atoms with E-state index in [1.807, 2.05) is 40.3 Å². The van der Waals surface area contributed by atoms with Gasteiger partial charge in [-0.2, -0.15) is 0 Å². The second-order valence-corrected chi connectivity index (χ2v) is 9.41. The molecule has 1 aromatic heterocycles. The Hall–Kier alpha value is -3.08. The van der Waals surface area contributed by atoms with Crippen LogP contribution in [0.4, 0.5) is 0 Å². The Labute approximate surface area is 189 Å². The molecule has 0 spiro atoms. The van der Waals surface area contributed by atoms with Crippen molar-refractivity contribution >= 4 is 22.7 Å². The molecule has 2 fully saturated rings. The summed E-state index contributed by atoms with van der Waals surface area (Å²) in [7, 11) is 0. The highest BCUT2D eigenvalue weighted by Gasteiger charge is 2.33. The van der Waals surface area contributed by atoms with Gasteiger partial charge in [0.15, 0.2) is 0 Å². The minimum Gasteiger partial charge on any atom is -0.361 e. The first kappa shape index (κ1) is 20.8. The third kappa shape index (κ3) is 4.57. The molecule has 1 aliphatic carbocycles. The summed E-state index contributed by atoms with van der Waals surface area (Å²) in [5, 5.41) is 1.07. The molecule has 2 aromatic carbocycles. The number of carbonyl (C=O) groups excluding carboxylic acids is 2. The van der Waals surface area contributed by atoms with Crippen LogP contribution in [0.2, 0.25) is 0 Å². The normalized spacial score (nSPS) is 17.0. The first-order valence-corrected chi connectivity index (χ1v) is 11.8. The summed E-state index contributed by atoms with van der Waals surface area (Å²) in [4.78, 5) is 32.0. The number of piperidine rings is 1. The smallest absolute Gasteiger partial charge is 0.254 e. The molecule has 1 saturated heterocycles. The molecule has 1 saturated carbocycles. The lowest BCUT2D eigenvalue weighted by atomic mass is 9.90. The summed E-state index contributed by atoms with van der Waals surface area (Å²) in [6.45, 7) is 4.08. The molecule has 0 bridgehead atoms. The molecule has 0 radical (unpaired) electrons. The number of aromatic nitrogens is 1. The molecule has 1 N–H and O–H groups in total. The van der Waals surface area contributed by atoms with Gasteiger partial charge in [0.1, 0.15) is 0 Å². The van der Waals surface area contributed by atoms with Crippen LogP contribution in [0.25, 0.3) is 10.9 Å². The molecule has 1 aliphatic heterocycles. The van der Waals surface area contributed by atoms with Gasteiger partial charge < -0.3 is 14.8 Å². The van der Waals surface area contributed by atoms with Gasteiger partial charge in [0.05, 0.1) is 0 Å². The average Bonchev–Trinajstić information content (AvgIpc) is 3.54. The van der Waals surface area contributed by atoms with Crippen LogP contribution in [0, 0.1) is 5.92 Å². The van der Waals surface area contributed by atoms with Gasteiger partial charge >= 0.3 is 0 Å². The van der Waals surface area contributed by atoms with E-state index in [1.165, 1.54) is 11.1 Å². The van der Waals surface area contributed by atoms with E-state index in [0.29, 0.717) is 18.5 Å². The molecule has 2 heterocycles. The Morgan fingerprint density at radius 3 is 2.38 bits per heavy atom. The van der Waals surface area contributed by atoms with Crippen LogP contribution in [0.1, 0.15) is 54.1 Å². The molecule has 2 aliphatic rings. The third-order valence-electron chi connectivity index (χ3n) is 7.01. The molecule has 0 atom stereocenters. The standard InChI is InChI=1S/C27H31N3O2/c1-19(31)29-14-11-21(12-15-29)16-20-2-4-22(5-3-20)18-30(25-7-8-25)27(32)24-6-9-26-23(17-24)10-13-28-26/h2-6,9-10,13,17,21,25,28H,7-8,11-12,14-16,18H2,1H3. The van der Waals surface area contributed by atoms with Gasteiger partial charge in [0, 0.05) is 55.3 Å². The Bertz CT molecular complexity index is 1110. The van der Waals surface area contributed by atoms with Gasteiger partial charge in [0.25, 0.3) is 5.91 Å². The number of amides is 2. The summed E-state index contributed by atoms with van der Waals surface area (Å²) in [6.07, 6.45) is 7.32. The zero-order valence-electron chi connectivity index (χ0n) is 18.7. The Balaban J connectivity index is 1.22. The van der Waals surface area contributed by atoms with E-state index in [2.05, 4.69) is 29.2 Å². The number of hydrogen-bond donors (Lipinski definition) is 1. The highest BCUT2D eigenvalue weighted by atomic mass is 16.2. The van der Waals surface area contributed by atoms with E-state index in [9.17, 15) is 9.59 Å². The van der Waals surface area contributed by atoms with E-state index in [-0.39, 0.29) is 11.8 Å². The highest BCUT2D eigenvalue weighted by Crippen LogP contribution is 2.31. The Morgan fingerprint density at radius 1 is 0.969 bits per heavy atom. The first-order chi connectivity index (χ1) is 15.6. The largest absolute Gasteiger partial charge is 0.361 e. The number of benzene rings is 2. The highest BCUT2D eigenvalue weighted by molar-refractivity contribution is 5.98. The van der Waals surface area contributed by atoms with Crippen LogP contribution in [0.3, 0.4) is 0 Å². The third-order valence-corrected chi connectivity index (χ3v) is 7.01. The molecule has 0 unspecified atom stereocenters. The van der Waals surface area contributed by atoms with Gasteiger partial charge in [-0.05, 0) is 73.4 Å². The number of carbonyl (C=O) groups is 2. The van der Waals surface area contributed by atoms with Gasteiger partial charge in [-0.15, -0.1) is 0 Å². The quantitative estimate of drug-likeness (QED) is 0.613. The Kier molecular flexibility index (Phi) is 5.73. The molecule has 32 heavy (non-hydrogen) atoms. The van der Waals surface area contributed by atoms with Crippen molar-refractivity contribution in [2.24, 2.45) is 5.92 Å². The van der Waals surface area contributed by atoms with Crippen LogP contribution in [0.5, 0.6) is 0 Å². The predicted octanol–water partition coefficient (Wildman–Crippen LogP) is 4.77. The average molecular weight is 430 g/mol. The fourth-order valence-corrected chi connectivity index (χ4v) is 4.87. The van der Waals surface area contributed by atoms with Crippen molar-refractivity contribution in [1.29, 1.82) is 0 Å².